The van der Waals surface area contributed by atoms with Gasteiger partial charge in [-0.25, -0.2) is 4.79 Å². The van der Waals surface area contributed by atoms with Crippen molar-refractivity contribution in [3.05, 3.63) is 31.6 Å². The van der Waals surface area contributed by atoms with E-state index >= 15 is 0 Å². The van der Waals surface area contributed by atoms with Crippen LogP contribution < -0.4 is 16.6 Å². The molecule has 6 nitrogen and oxygen atoms in total. The van der Waals surface area contributed by atoms with Crippen LogP contribution in [0.4, 0.5) is 4.79 Å². The number of aromatic nitrogens is 1. The van der Waals surface area contributed by atoms with Crippen molar-refractivity contribution in [1.29, 1.82) is 0 Å². The van der Waals surface area contributed by atoms with Crippen LogP contribution >= 0.6 is 31.9 Å². The second kappa shape index (κ2) is 5.26. The monoisotopic (exact) mass is 351 g/mol. The topological polar surface area (TPSA) is 94.2 Å². The number of amides is 3. The smallest absolute Gasteiger partial charge is 0.318 e. The van der Waals surface area contributed by atoms with E-state index in [0.29, 0.717) is 8.95 Å². The van der Waals surface area contributed by atoms with Crippen LogP contribution in [-0.4, -0.2) is 16.5 Å². The Morgan fingerprint density at radius 2 is 2.06 bits per heavy atom. The minimum Gasteiger partial charge on any atom is -0.351 e. The average Bonchev–Trinajstić information content (AvgIpc) is 2.11. The van der Waals surface area contributed by atoms with Gasteiger partial charge < -0.3 is 10.3 Å². The van der Waals surface area contributed by atoms with Gasteiger partial charge in [0.15, 0.2) is 0 Å². The number of nitrogens with zero attached hydrogens (tertiary/aromatic N) is 1. The number of hydrogen-bond donors (Lipinski definition) is 2. The first-order valence-corrected chi connectivity index (χ1v) is 5.63. The fraction of sp³-hybridized carbons (Fsp3) is 0.125. The number of halogens is 2. The summed E-state index contributed by atoms with van der Waals surface area (Å²) in [5, 5.41) is 1.87. The van der Waals surface area contributed by atoms with Crippen molar-refractivity contribution in [2.75, 3.05) is 0 Å². The Morgan fingerprint density at radius 1 is 1.44 bits per heavy atom. The summed E-state index contributed by atoms with van der Waals surface area (Å²) in [4.78, 5) is 33.1. The zero-order chi connectivity index (χ0) is 12.3. The number of urea groups is 1. The fourth-order valence-electron chi connectivity index (χ4n) is 1.01. The lowest BCUT2D eigenvalue weighted by Crippen LogP contribution is -2.39. The molecular formula is C8H7Br2N3O3. The summed E-state index contributed by atoms with van der Waals surface area (Å²) in [5.41, 5.74) is 4.40. The third-order valence-corrected chi connectivity index (χ3v) is 2.59. The Bertz CT molecular complexity index is 498. The number of rotatable bonds is 2. The molecular weight excluding hydrogens is 346 g/mol. The number of nitrogens with two attached hydrogens (primary N) is 1. The summed E-state index contributed by atoms with van der Waals surface area (Å²) in [7, 11) is 0. The Balaban J connectivity index is 2.93. The maximum atomic E-state index is 11.5. The lowest BCUT2D eigenvalue weighted by Gasteiger charge is -2.06. The highest BCUT2D eigenvalue weighted by Crippen LogP contribution is 2.12. The van der Waals surface area contributed by atoms with Gasteiger partial charge in [0, 0.05) is 10.7 Å². The molecule has 1 aromatic heterocycles. The van der Waals surface area contributed by atoms with Crippen LogP contribution in [0.1, 0.15) is 0 Å². The zero-order valence-corrected chi connectivity index (χ0v) is 11.0. The molecule has 1 rings (SSSR count). The van der Waals surface area contributed by atoms with Crippen molar-refractivity contribution in [1.82, 2.24) is 9.88 Å². The number of carbonyl (C=O) groups excluding carboxylic acids is 2. The normalized spacial score (nSPS) is 9.88. The van der Waals surface area contributed by atoms with Crippen LogP contribution in [-0.2, 0) is 11.3 Å². The van der Waals surface area contributed by atoms with E-state index in [1.54, 1.807) is 6.07 Å². The number of imide groups is 1. The number of nitrogens with one attached hydrogen (secondary N) is 1. The fourth-order valence-corrected chi connectivity index (χ4v) is 2.27. The second-order valence-corrected chi connectivity index (χ2v) is 4.62. The van der Waals surface area contributed by atoms with Gasteiger partial charge in [-0.15, -0.1) is 0 Å². The largest absolute Gasteiger partial charge is 0.351 e. The third-order valence-electron chi connectivity index (χ3n) is 1.59. The Hall–Kier alpha value is -1.15. The molecule has 8 heteroatoms. The van der Waals surface area contributed by atoms with Crippen molar-refractivity contribution >= 4 is 43.8 Å². The van der Waals surface area contributed by atoms with Gasteiger partial charge >= 0.3 is 6.03 Å². The zero-order valence-electron chi connectivity index (χ0n) is 7.87. The molecule has 0 aliphatic heterocycles. The predicted octanol–water partition coefficient (Wildman–Crippen LogP) is 0.568. The maximum Gasteiger partial charge on any atom is 0.318 e. The third kappa shape index (κ3) is 3.46. The van der Waals surface area contributed by atoms with Crippen molar-refractivity contribution in [2.24, 2.45) is 5.73 Å². The van der Waals surface area contributed by atoms with E-state index in [9.17, 15) is 14.4 Å². The number of hydrogen-bond acceptors (Lipinski definition) is 3. The summed E-state index contributed by atoms with van der Waals surface area (Å²) in [6.45, 7) is -0.278. The van der Waals surface area contributed by atoms with E-state index in [1.807, 2.05) is 5.32 Å². The first-order valence-electron chi connectivity index (χ1n) is 4.05. The van der Waals surface area contributed by atoms with Crippen molar-refractivity contribution in [2.45, 2.75) is 6.54 Å². The van der Waals surface area contributed by atoms with Gasteiger partial charge in [-0.2, -0.15) is 0 Å². The summed E-state index contributed by atoms with van der Waals surface area (Å²) >= 11 is 6.23. The van der Waals surface area contributed by atoms with E-state index in [-0.39, 0.29) is 12.1 Å². The quantitative estimate of drug-likeness (QED) is 0.814. The molecule has 0 saturated heterocycles. The lowest BCUT2D eigenvalue weighted by atomic mass is 10.4. The summed E-state index contributed by atoms with van der Waals surface area (Å²) in [6.07, 6.45) is 1.44. The molecule has 0 aromatic carbocycles. The van der Waals surface area contributed by atoms with Crippen molar-refractivity contribution in [3.63, 3.8) is 0 Å². The second-order valence-electron chi connectivity index (χ2n) is 2.85. The highest BCUT2D eigenvalue weighted by Gasteiger charge is 2.09. The maximum absolute atomic E-state index is 11.5. The van der Waals surface area contributed by atoms with Crippen LogP contribution in [0.15, 0.2) is 26.0 Å². The van der Waals surface area contributed by atoms with Gasteiger partial charge in [-0.05, 0) is 37.9 Å². The molecule has 0 radical (unpaired) electrons. The molecule has 0 aliphatic rings. The van der Waals surface area contributed by atoms with Crippen LogP contribution in [0.2, 0.25) is 0 Å². The van der Waals surface area contributed by atoms with Crippen LogP contribution in [0.3, 0.4) is 0 Å². The van der Waals surface area contributed by atoms with Gasteiger partial charge in [0.25, 0.3) is 5.56 Å². The molecule has 1 aromatic rings. The molecule has 0 aliphatic carbocycles. The average molecular weight is 353 g/mol. The van der Waals surface area contributed by atoms with Crippen LogP contribution in [0.5, 0.6) is 0 Å². The van der Waals surface area contributed by atoms with Gasteiger partial charge in [0.05, 0.1) is 4.47 Å². The van der Waals surface area contributed by atoms with E-state index in [4.69, 9.17) is 5.73 Å². The SMILES string of the molecule is NC(=O)NC(=O)Cn1cc(Br)cc(Br)c1=O. The molecule has 0 unspecified atom stereocenters. The molecule has 86 valence electrons. The number of primary amides is 1. The van der Waals surface area contributed by atoms with E-state index < -0.39 is 11.9 Å². The van der Waals surface area contributed by atoms with Gasteiger partial charge in [-0.1, -0.05) is 0 Å². The first-order chi connectivity index (χ1) is 7.40. The highest BCUT2D eigenvalue weighted by atomic mass is 79.9. The Morgan fingerprint density at radius 3 is 2.62 bits per heavy atom. The Labute approximate surface area is 107 Å². The van der Waals surface area contributed by atoms with E-state index in [0.717, 1.165) is 4.57 Å². The predicted molar refractivity (Wildman–Crippen MR) is 63.8 cm³/mol. The minimum absolute atomic E-state index is 0.278. The van der Waals surface area contributed by atoms with Gasteiger partial charge in [-0.3, -0.25) is 14.9 Å². The summed E-state index contributed by atoms with van der Waals surface area (Å²) < 4.78 is 2.09. The molecule has 3 amide bonds. The lowest BCUT2D eigenvalue weighted by molar-refractivity contribution is -0.120. The minimum atomic E-state index is -0.952. The van der Waals surface area contributed by atoms with Crippen LogP contribution in [0.25, 0.3) is 0 Å². The Kier molecular flexibility index (Phi) is 4.25. The highest BCUT2D eigenvalue weighted by molar-refractivity contribution is 9.11. The summed E-state index contributed by atoms with van der Waals surface area (Å²) in [5.74, 6) is -0.653. The van der Waals surface area contributed by atoms with E-state index in [2.05, 4.69) is 31.9 Å². The summed E-state index contributed by atoms with van der Waals surface area (Å²) in [6, 6.07) is 0.609. The molecule has 0 spiro atoms. The standard InChI is InChI=1S/C8H7Br2N3O3/c9-4-1-5(10)7(15)13(2-4)3-6(14)12-8(11)16/h1-2H,3H2,(H3,11,12,14,16). The van der Waals surface area contributed by atoms with Gasteiger partial charge in [0.2, 0.25) is 5.91 Å². The number of pyridine rings is 1. The molecule has 0 atom stereocenters. The molecule has 0 fully saturated rings. The first kappa shape index (κ1) is 12.9. The van der Waals surface area contributed by atoms with Crippen molar-refractivity contribution < 1.29 is 9.59 Å². The van der Waals surface area contributed by atoms with Crippen molar-refractivity contribution in [3.8, 4) is 0 Å². The molecule has 0 saturated carbocycles. The molecule has 0 bridgehead atoms. The number of carbonyl (C=O) groups is 2. The molecule has 3 N–H and O–H groups in total. The van der Waals surface area contributed by atoms with E-state index in [1.165, 1.54) is 6.20 Å². The molecule has 16 heavy (non-hydrogen) atoms. The molecule has 1 heterocycles. The van der Waals surface area contributed by atoms with Gasteiger partial charge in [0.1, 0.15) is 6.54 Å². The van der Waals surface area contributed by atoms with Crippen LogP contribution in [0, 0.1) is 0 Å².